The molecule has 164 valence electrons. The van der Waals surface area contributed by atoms with Gasteiger partial charge in [-0.25, -0.2) is 4.79 Å². The first kappa shape index (κ1) is 23.4. The van der Waals surface area contributed by atoms with Gasteiger partial charge < -0.3 is 15.4 Å². The van der Waals surface area contributed by atoms with Crippen LogP contribution in [0.2, 0.25) is 0 Å². The van der Waals surface area contributed by atoms with Crippen molar-refractivity contribution in [1.82, 2.24) is 5.32 Å². The number of aryl methyl sites for hydroxylation is 1. The summed E-state index contributed by atoms with van der Waals surface area (Å²) >= 11 is 2.70. The van der Waals surface area contributed by atoms with Gasteiger partial charge in [0.15, 0.2) is 0 Å². The van der Waals surface area contributed by atoms with E-state index in [1.165, 1.54) is 29.2 Å². The molecule has 1 aliphatic heterocycles. The van der Waals surface area contributed by atoms with Crippen molar-refractivity contribution in [3.8, 4) is 6.07 Å². The molecular weight excluding hydrogens is 442 g/mol. The number of benzene rings is 1. The number of ether oxygens (including phenoxy) is 1. The molecule has 1 atom stereocenters. The molecule has 0 fully saturated rings. The Kier molecular flexibility index (Phi) is 7.92. The van der Waals surface area contributed by atoms with Gasteiger partial charge in [-0.05, 0) is 36.9 Å². The first-order chi connectivity index (χ1) is 15.5. The van der Waals surface area contributed by atoms with Gasteiger partial charge in [-0.15, -0.1) is 11.3 Å². The van der Waals surface area contributed by atoms with Crippen molar-refractivity contribution in [3.63, 3.8) is 0 Å². The number of amides is 1. The number of nitriles is 1. The van der Waals surface area contributed by atoms with Crippen molar-refractivity contribution in [2.45, 2.75) is 19.8 Å². The maximum absolute atomic E-state index is 12.8. The Balaban J connectivity index is 1.85. The van der Waals surface area contributed by atoms with Crippen LogP contribution in [0.4, 0.5) is 5.69 Å². The van der Waals surface area contributed by atoms with E-state index in [4.69, 9.17) is 4.74 Å². The summed E-state index contributed by atoms with van der Waals surface area (Å²) < 4.78 is 5.28. The SMILES string of the molecule is C=CCOC(=O)C1=C(C)NC(SCC(=O)Nc2ccccc2C)=C(C#N)[C@H]1c1cccs1. The molecule has 2 N–H and O–H groups in total. The van der Waals surface area contributed by atoms with E-state index in [0.29, 0.717) is 21.9 Å². The van der Waals surface area contributed by atoms with Crippen LogP contribution in [0.5, 0.6) is 0 Å². The Labute approximate surface area is 195 Å². The predicted molar refractivity (Wildman–Crippen MR) is 129 cm³/mol. The van der Waals surface area contributed by atoms with Crippen molar-refractivity contribution < 1.29 is 14.3 Å². The Hall–Kier alpha value is -3.28. The quantitative estimate of drug-likeness (QED) is 0.428. The summed E-state index contributed by atoms with van der Waals surface area (Å²) in [5.41, 5.74) is 3.09. The van der Waals surface area contributed by atoms with E-state index >= 15 is 0 Å². The zero-order valence-electron chi connectivity index (χ0n) is 17.8. The van der Waals surface area contributed by atoms with Crippen LogP contribution in [0.1, 0.15) is 23.3 Å². The van der Waals surface area contributed by atoms with Gasteiger partial charge in [0.25, 0.3) is 0 Å². The number of dihydropyridines is 1. The summed E-state index contributed by atoms with van der Waals surface area (Å²) in [6.45, 7) is 7.35. The predicted octanol–water partition coefficient (Wildman–Crippen LogP) is 4.85. The average molecular weight is 466 g/mol. The van der Waals surface area contributed by atoms with E-state index < -0.39 is 11.9 Å². The normalized spacial score (nSPS) is 15.6. The Morgan fingerprint density at radius 3 is 2.75 bits per heavy atom. The number of hydrogen-bond acceptors (Lipinski definition) is 7. The number of nitrogens with one attached hydrogen (secondary N) is 2. The second kappa shape index (κ2) is 10.8. The number of esters is 1. The second-order valence-electron chi connectivity index (χ2n) is 7.01. The number of carbonyl (C=O) groups is 2. The zero-order chi connectivity index (χ0) is 23.1. The van der Waals surface area contributed by atoms with Gasteiger partial charge in [-0.2, -0.15) is 5.26 Å². The molecule has 2 heterocycles. The highest BCUT2D eigenvalue weighted by Gasteiger charge is 2.36. The van der Waals surface area contributed by atoms with Crippen LogP contribution in [0, 0.1) is 18.3 Å². The smallest absolute Gasteiger partial charge is 0.337 e. The third-order valence-electron chi connectivity index (χ3n) is 4.79. The number of thioether (sulfide) groups is 1. The molecule has 3 rings (SSSR count). The Morgan fingerprint density at radius 2 is 2.09 bits per heavy atom. The largest absolute Gasteiger partial charge is 0.458 e. The van der Waals surface area contributed by atoms with Gasteiger partial charge >= 0.3 is 5.97 Å². The van der Waals surface area contributed by atoms with E-state index in [1.54, 1.807) is 6.92 Å². The van der Waals surface area contributed by atoms with Crippen molar-refractivity contribution in [3.05, 3.63) is 86.7 Å². The number of nitrogens with zero attached hydrogens (tertiary/aromatic N) is 1. The van der Waals surface area contributed by atoms with Crippen LogP contribution in [0.15, 0.2) is 76.3 Å². The third-order valence-corrected chi connectivity index (χ3v) is 6.75. The molecule has 0 bridgehead atoms. The summed E-state index contributed by atoms with van der Waals surface area (Å²) in [4.78, 5) is 26.2. The Morgan fingerprint density at radius 1 is 1.31 bits per heavy atom. The van der Waals surface area contributed by atoms with Crippen LogP contribution in [0.3, 0.4) is 0 Å². The molecule has 0 unspecified atom stereocenters. The van der Waals surface area contributed by atoms with Crippen LogP contribution in [-0.4, -0.2) is 24.2 Å². The number of carbonyl (C=O) groups excluding carboxylic acids is 2. The second-order valence-corrected chi connectivity index (χ2v) is 8.97. The fraction of sp³-hybridized carbons (Fsp3) is 0.208. The van der Waals surface area contributed by atoms with Crippen molar-refractivity contribution in [2.75, 3.05) is 17.7 Å². The summed E-state index contributed by atoms with van der Waals surface area (Å²) in [5.74, 6) is -1.12. The fourth-order valence-corrected chi connectivity index (χ4v) is 5.02. The van der Waals surface area contributed by atoms with E-state index in [2.05, 4.69) is 23.3 Å². The van der Waals surface area contributed by atoms with Gasteiger partial charge in [0.2, 0.25) is 5.91 Å². The minimum absolute atomic E-state index is 0.0824. The molecule has 2 aromatic rings. The fourth-order valence-electron chi connectivity index (χ4n) is 3.29. The zero-order valence-corrected chi connectivity index (χ0v) is 19.4. The van der Waals surface area contributed by atoms with Crippen molar-refractivity contribution >= 4 is 40.7 Å². The monoisotopic (exact) mass is 465 g/mol. The van der Waals surface area contributed by atoms with E-state index in [9.17, 15) is 14.9 Å². The summed E-state index contributed by atoms with van der Waals surface area (Å²) in [7, 11) is 0. The highest BCUT2D eigenvalue weighted by Crippen LogP contribution is 2.42. The van der Waals surface area contributed by atoms with E-state index in [1.807, 2.05) is 48.7 Å². The van der Waals surface area contributed by atoms with Gasteiger partial charge in [0, 0.05) is 16.3 Å². The molecule has 1 aliphatic rings. The third kappa shape index (κ3) is 5.31. The maximum atomic E-state index is 12.8. The number of allylic oxidation sites excluding steroid dienone is 2. The lowest BCUT2D eigenvalue weighted by molar-refractivity contribution is -0.138. The molecular formula is C24H23N3O3S2. The molecule has 0 saturated heterocycles. The molecule has 1 aromatic carbocycles. The molecule has 6 nitrogen and oxygen atoms in total. The maximum Gasteiger partial charge on any atom is 0.337 e. The summed E-state index contributed by atoms with van der Waals surface area (Å²) in [6.07, 6.45) is 1.50. The van der Waals surface area contributed by atoms with Crippen molar-refractivity contribution in [1.29, 1.82) is 5.26 Å². The lowest BCUT2D eigenvalue weighted by Gasteiger charge is -2.28. The minimum Gasteiger partial charge on any atom is -0.458 e. The van der Waals surface area contributed by atoms with Gasteiger partial charge in [0.05, 0.1) is 33.9 Å². The summed E-state index contributed by atoms with van der Waals surface area (Å²) in [6, 6.07) is 13.6. The Bertz CT molecular complexity index is 1130. The van der Waals surface area contributed by atoms with E-state index in [0.717, 1.165) is 16.1 Å². The molecule has 1 aromatic heterocycles. The lowest BCUT2D eigenvalue weighted by atomic mass is 9.87. The first-order valence-corrected chi connectivity index (χ1v) is 11.7. The van der Waals surface area contributed by atoms with Gasteiger partial charge in [-0.3, -0.25) is 4.79 Å². The topological polar surface area (TPSA) is 91.2 Å². The summed E-state index contributed by atoms with van der Waals surface area (Å²) in [5, 5.41) is 18.5. The molecule has 0 spiro atoms. The average Bonchev–Trinajstić information content (AvgIpc) is 3.31. The molecule has 0 aliphatic carbocycles. The molecule has 32 heavy (non-hydrogen) atoms. The van der Waals surface area contributed by atoms with Crippen LogP contribution in [0.25, 0.3) is 0 Å². The number of rotatable bonds is 8. The standard InChI is InChI=1S/C24H23N3O3S2/c1-4-11-30-24(29)21-16(3)26-23(17(13-25)22(21)19-10-7-12-31-19)32-14-20(28)27-18-9-6-5-8-15(18)2/h4-10,12,22,26H,1,11,14H2,2-3H3,(H,27,28)/t22-/m0/s1. The van der Waals surface area contributed by atoms with Crippen molar-refractivity contribution in [2.24, 2.45) is 0 Å². The number of hydrogen-bond donors (Lipinski definition) is 2. The molecule has 0 saturated carbocycles. The first-order valence-electron chi connectivity index (χ1n) is 9.88. The molecule has 0 radical (unpaired) electrons. The van der Waals surface area contributed by atoms with Gasteiger partial charge in [0.1, 0.15) is 6.61 Å². The van der Waals surface area contributed by atoms with Crippen LogP contribution in [-0.2, 0) is 14.3 Å². The highest BCUT2D eigenvalue weighted by atomic mass is 32.2. The van der Waals surface area contributed by atoms with E-state index in [-0.39, 0.29) is 18.3 Å². The number of anilines is 1. The van der Waals surface area contributed by atoms with Crippen LogP contribution >= 0.6 is 23.1 Å². The highest BCUT2D eigenvalue weighted by molar-refractivity contribution is 8.03. The number of thiophene rings is 1. The van der Waals surface area contributed by atoms with Crippen LogP contribution < -0.4 is 10.6 Å². The molecule has 8 heteroatoms. The molecule has 1 amide bonds. The minimum atomic E-state index is -0.555. The van der Waals surface area contributed by atoms with Gasteiger partial charge in [-0.1, -0.05) is 48.7 Å². The lowest BCUT2D eigenvalue weighted by Crippen LogP contribution is -2.29. The number of para-hydroxylation sites is 1.